The molecule has 0 atom stereocenters. The standard InChI is InChI=1S/C15H11.C13H9.C2H6Si.2ClH.Zr/c1-2-6-12(7-3-1)15-11-10-13-8-4-5-9-14(13)15;1-3-7-12-10(5-1)9-11-6-2-4-8-13(11)12;1-3-2;;;/h1-11H;1-9H;1-2H3;2*1H;/q2*-1;;;;+2. The molecule has 0 saturated carbocycles. The van der Waals surface area contributed by atoms with Crippen LogP contribution < -0.4 is 0 Å². The van der Waals surface area contributed by atoms with Crippen LogP contribution in [-0.4, -0.2) is 5.43 Å². The largest absolute Gasteiger partial charge is 0.150 e. The van der Waals surface area contributed by atoms with Gasteiger partial charge in [-0.15, -0.1) is 111 Å². The zero-order valence-corrected chi connectivity index (χ0v) is 24.5. The number of hydrogen-bond donors (Lipinski definition) is 0. The zero-order valence-electron chi connectivity index (χ0n) is 19.4. The van der Waals surface area contributed by atoms with E-state index in [0.29, 0.717) is 0 Å². The van der Waals surface area contributed by atoms with Gasteiger partial charge in [0.05, 0.1) is 0 Å². The van der Waals surface area contributed by atoms with Crippen LogP contribution in [0.4, 0.5) is 0 Å². The SMILES string of the molecule is C[Si](C)=[Zr+2].Cl.Cl.c1ccc(-c2c[cH-]c3ccccc23)cc1.c1ccc2c(c1)[cH-]c1ccccc12. The predicted octanol–water partition coefficient (Wildman–Crippen LogP) is 9.57. The maximum absolute atomic E-state index is 2.31. The van der Waals surface area contributed by atoms with Crippen LogP contribution in [0.1, 0.15) is 0 Å². The van der Waals surface area contributed by atoms with Crippen molar-refractivity contribution in [1.82, 2.24) is 0 Å². The van der Waals surface area contributed by atoms with E-state index in [1.54, 1.807) is 23.3 Å². The van der Waals surface area contributed by atoms with Crippen LogP contribution in [0.5, 0.6) is 0 Å². The molecule has 6 rings (SSSR count). The fourth-order valence-electron chi connectivity index (χ4n) is 3.92. The van der Waals surface area contributed by atoms with E-state index in [4.69, 9.17) is 0 Å². The molecule has 6 aromatic carbocycles. The third-order valence-electron chi connectivity index (χ3n) is 5.29. The molecule has 4 heteroatoms. The van der Waals surface area contributed by atoms with Crippen molar-refractivity contribution in [3.8, 4) is 11.1 Å². The first-order valence-corrected chi connectivity index (χ1v) is 17.1. The van der Waals surface area contributed by atoms with Crippen molar-refractivity contribution < 1.29 is 23.3 Å². The summed E-state index contributed by atoms with van der Waals surface area (Å²) in [6.07, 6.45) is 0. The van der Waals surface area contributed by atoms with E-state index >= 15 is 0 Å². The molecule has 170 valence electrons. The molecular weight excluding hydrogens is 551 g/mol. The van der Waals surface area contributed by atoms with Crippen molar-refractivity contribution >= 4 is 62.6 Å². The van der Waals surface area contributed by atoms with Crippen LogP contribution in [0.25, 0.3) is 43.4 Å². The van der Waals surface area contributed by atoms with Gasteiger partial charge in [0.25, 0.3) is 0 Å². The zero-order chi connectivity index (χ0) is 22.3. The smallest absolute Gasteiger partial charge is 0.0623 e. The van der Waals surface area contributed by atoms with Gasteiger partial charge < -0.3 is 0 Å². The number of rotatable bonds is 1. The molecule has 0 aliphatic heterocycles. The van der Waals surface area contributed by atoms with Gasteiger partial charge in [-0.25, -0.2) is 0 Å². The Morgan fingerprint density at radius 2 is 0.971 bits per heavy atom. The molecule has 0 aliphatic rings. The molecule has 0 bridgehead atoms. The molecule has 0 radical (unpaired) electrons. The van der Waals surface area contributed by atoms with Crippen LogP contribution in [-0.2, 0) is 23.3 Å². The normalized spacial score (nSPS) is 9.76. The molecule has 0 N–H and O–H groups in total. The molecule has 0 saturated heterocycles. The second kappa shape index (κ2) is 13.8. The Hall–Kier alpha value is -1.96. The average molecular weight is 579 g/mol. The van der Waals surface area contributed by atoms with Gasteiger partial charge >= 0.3 is 41.9 Å². The Morgan fingerprint density at radius 1 is 0.559 bits per heavy atom. The summed E-state index contributed by atoms with van der Waals surface area (Å²) >= 11 is 1.74. The summed E-state index contributed by atoms with van der Waals surface area (Å²) in [5.74, 6) is 0. The molecule has 0 aliphatic carbocycles. The fraction of sp³-hybridized carbons (Fsp3) is 0.0667. The van der Waals surface area contributed by atoms with Gasteiger partial charge in [-0.1, -0.05) is 78.4 Å². The summed E-state index contributed by atoms with van der Waals surface area (Å²) in [6, 6.07) is 42.7. The minimum atomic E-state index is 0. The van der Waals surface area contributed by atoms with Crippen LogP contribution in [0, 0.1) is 0 Å². The average Bonchev–Trinajstić information content (AvgIpc) is 3.41. The Balaban J connectivity index is 0.000000199. The minimum absolute atomic E-state index is 0. The maximum Gasteiger partial charge on any atom is -0.0623 e. The Kier molecular flexibility index (Phi) is 11.5. The molecule has 6 aromatic rings. The van der Waals surface area contributed by atoms with Gasteiger partial charge in [0, 0.05) is 0 Å². The quantitative estimate of drug-likeness (QED) is 0.135. The van der Waals surface area contributed by atoms with Crippen molar-refractivity contribution in [3.05, 3.63) is 121 Å². The first kappa shape index (κ1) is 28.3. The number of benzene rings is 4. The number of halogens is 2. The van der Waals surface area contributed by atoms with Crippen molar-refractivity contribution in [2.75, 3.05) is 0 Å². The molecule has 0 spiro atoms. The Bertz CT molecular complexity index is 1410. The van der Waals surface area contributed by atoms with E-state index < -0.39 is 0 Å². The van der Waals surface area contributed by atoms with Crippen molar-refractivity contribution in [2.24, 2.45) is 0 Å². The molecule has 0 aromatic heterocycles. The summed E-state index contributed by atoms with van der Waals surface area (Å²) in [5, 5.41) is 8.05. The van der Waals surface area contributed by atoms with Gasteiger partial charge in [0.15, 0.2) is 0 Å². The van der Waals surface area contributed by atoms with Gasteiger partial charge in [0.2, 0.25) is 0 Å². The van der Waals surface area contributed by atoms with E-state index in [1.165, 1.54) is 43.4 Å². The summed E-state index contributed by atoms with van der Waals surface area (Å²) < 4.78 is 0. The van der Waals surface area contributed by atoms with Gasteiger partial charge in [-0.05, 0) is 0 Å². The second-order valence-corrected chi connectivity index (χ2v) is 17.4. The van der Waals surface area contributed by atoms with E-state index in [0.717, 1.165) is 0 Å². The van der Waals surface area contributed by atoms with Crippen molar-refractivity contribution in [1.29, 1.82) is 0 Å². The third-order valence-corrected chi connectivity index (χ3v) is 5.29. The minimum Gasteiger partial charge on any atom is -0.150 e. The number of hydrogen-bond acceptors (Lipinski definition) is 0. The monoisotopic (exact) mass is 576 g/mol. The predicted molar refractivity (Wildman–Crippen MR) is 154 cm³/mol. The molecule has 0 fully saturated rings. The maximum atomic E-state index is 2.31. The molecule has 0 heterocycles. The first-order chi connectivity index (χ1) is 15.6. The molecule has 0 unspecified atom stereocenters. The van der Waals surface area contributed by atoms with Crippen LogP contribution in [0.2, 0.25) is 13.1 Å². The first-order valence-electron chi connectivity index (χ1n) is 10.9. The molecule has 34 heavy (non-hydrogen) atoms. The fourth-order valence-corrected chi connectivity index (χ4v) is 3.92. The summed E-state index contributed by atoms with van der Waals surface area (Å²) in [7, 11) is 0. The molecule has 0 amide bonds. The van der Waals surface area contributed by atoms with Gasteiger partial charge in [-0.2, -0.15) is 0 Å². The van der Waals surface area contributed by atoms with Gasteiger partial charge in [-0.3, -0.25) is 0 Å². The summed E-state index contributed by atoms with van der Waals surface area (Å²) in [4.78, 5) is 0. The second-order valence-electron chi connectivity index (χ2n) is 8.02. The van der Waals surface area contributed by atoms with E-state index in [-0.39, 0.29) is 30.2 Å². The van der Waals surface area contributed by atoms with Crippen molar-refractivity contribution in [3.63, 3.8) is 0 Å². The van der Waals surface area contributed by atoms with E-state index in [2.05, 4.69) is 134 Å². The number of fused-ring (bicyclic) bond motifs is 4. The van der Waals surface area contributed by atoms with Crippen LogP contribution >= 0.6 is 24.8 Å². The topological polar surface area (TPSA) is 0 Å². The Morgan fingerprint density at radius 3 is 1.50 bits per heavy atom. The van der Waals surface area contributed by atoms with Crippen LogP contribution in [0.15, 0.2) is 121 Å². The summed E-state index contributed by atoms with van der Waals surface area (Å²) in [6.45, 7) is 4.62. The third kappa shape index (κ3) is 7.03. The Labute approximate surface area is 229 Å². The van der Waals surface area contributed by atoms with Gasteiger partial charge in [0.1, 0.15) is 0 Å². The van der Waals surface area contributed by atoms with Crippen molar-refractivity contribution in [2.45, 2.75) is 13.1 Å². The van der Waals surface area contributed by atoms with Crippen LogP contribution in [0.3, 0.4) is 0 Å². The molecule has 0 nitrogen and oxygen atoms in total. The van der Waals surface area contributed by atoms with E-state index in [1.807, 2.05) is 0 Å². The summed E-state index contributed by atoms with van der Waals surface area (Å²) in [5.41, 5.74) is 2.83. The molecular formula is C30H28Cl2SiZr. The van der Waals surface area contributed by atoms with E-state index in [9.17, 15) is 0 Å².